The van der Waals surface area contributed by atoms with Crippen molar-refractivity contribution in [3.8, 4) is 0 Å². The second kappa shape index (κ2) is 6.06. The molecule has 0 spiro atoms. The third-order valence-corrected chi connectivity index (χ3v) is 4.91. The molecule has 19 heavy (non-hydrogen) atoms. The van der Waals surface area contributed by atoms with Crippen LogP contribution < -0.4 is 5.32 Å². The number of nitrogens with zero attached hydrogens (tertiary/aromatic N) is 1. The normalized spacial score (nSPS) is 26.5. The number of rotatable bonds is 2. The van der Waals surface area contributed by atoms with Crippen molar-refractivity contribution in [3.63, 3.8) is 0 Å². The Morgan fingerprint density at radius 1 is 1.00 bits per heavy atom. The molecule has 1 aromatic rings. The molecule has 2 nitrogen and oxygen atoms in total. The highest BCUT2D eigenvalue weighted by Crippen LogP contribution is 2.33. The Labute approximate surface area is 117 Å². The van der Waals surface area contributed by atoms with E-state index in [-0.39, 0.29) is 0 Å². The molecule has 104 valence electrons. The molecule has 0 amide bonds. The zero-order valence-corrected chi connectivity index (χ0v) is 12.1. The van der Waals surface area contributed by atoms with Crippen LogP contribution in [0, 0.1) is 0 Å². The summed E-state index contributed by atoms with van der Waals surface area (Å²) >= 11 is 0. The van der Waals surface area contributed by atoms with Gasteiger partial charge in [0.2, 0.25) is 0 Å². The second-order valence-corrected chi connectivity index (χ2v) is 6.20. The van der Waals surface area contributed by atoms with Crippen LogP contribution >= 0.6 is 0 Å². The Morgan fingerprint density at radius 2 is 1.68 bits per heavy atom. The van der Waals surface area contributed by atoms with E-state index in [1.165, 1.54) is 37.7 Å². The van der Waals surface area contributed by atoms with Crippen LogP contribution in [0.1, 0.15) is 55.2 Å². The number of likely N-dealkylation sites (N-methyl/N-ethyl adjacent to an activating group) is 1. The SMILES string of the molecule is CN1CCNCC1c1ccc(C2CCCCC2)cc1. The minimum absolute atomic E-state index is 0.550. The summed E-state index contributed by atoms with van der Waals surface area (Å²) in [4.78, 5) is 2.46. The molecule has 0 aromatic heterocycles. The molecule has 1 atom stereocenters. The highest BCUT2D eigenvalue weighted by molar-refractivity contribution is 5.28. The fraction of sp³-hybridized carbons (Fsp3) is 0.647. The van der Waals surface area contributed by atoms with Crippen molar-refractivity contribution in [2.24, 2.45) is 0 Å². The highest BCUT2D eigenvalue weighted by Gasteiger charge is 2.21. The van der Waals surface area contributed by atoms with Crippen LogP contribution in [0.5, 0.6) is 0 Å². The molecule has 1 aliphatic heterocycles. The molecule has 1 N–H and O–H groups in total. The van der Waals surface area contributed by atoms with Crippen molar-refractivity contribution >= 4 is 0 Å². The lowest BCUT2D eigenvalue weighted by Crippen LogP contribution is -2.43. The first-order chi connectivity index (χ1) is 9.34. The summed E-state index contributed by atoms with van der Waals surface area (Å²) in [7, 11) is 2.24. The second-order valence-electron chi connectivity index (χ2n) is 6.20. The van der Waals surface area contributed by atoms with Crippen molar-refractivity contribution in [1.82, 2.24) is 10.2 Å². The van der Waals surface area contributed by atoms with Crippen LogP contribution in [0.3, 0.4) is 0 Å². The lowest BCUT2D eigenvalue weighted by molar-refractivity contribution is 0.202. The lowest BCUT2D eigenvalue weighted by Gasteiger charge is -2.33. The van der Waals surface area contributed by atoms with Crippen LogP contribution in [-0.4, -0.2) is 31.6 Å². The maximum Gasteiger partial charge on any atom is 0.0470 e. The molecule has 0 radical (unpaired) electrons. The summed E-state index contributed by atoms with van der Waals surface area (Å²) in [6.07, 6.45) is 7.06. The Hall–Kier alpha value is -0.860. The van der Waals surface area contributed by atoms with Crippen molar-refractivity contribution in [2.45, 2.75) is 44.1 Å². The predicted molar refractivity (Wildman–Crippen MR) is 80.5 cm³/mol. The Kier molecular flexibility index (Phi) is 4.19. The first kappa shape index (κ1) is 13.1. The van der Waals surface area contributed by atoms with Gasteiger partial charge in [-0.05, 0) is 36.9 Å². The quantitative estimate of drug-likeness (QED) is 0.875. The van der Waals surface area contributed by atoms with Gasteiger partial charge in [-0.15, -0.1) is 0 Å². The summed E-state index contributed by atoms with van der Waals surface area (Å²) < 4.78 is 0. The first-order valence-electron chi connectivity index (χ1n) is 7.85. The zero-order chi connectivity index (χ0) is 13.1. The molecule has 3 rings (SSSR count). The van der Waals surface area contributed by atoms with Crippen molar-refractivity contribution in [2.75, 3.05) is 26.7 Å². The third-order valence-electron chi connectivity index (χ3n) is 4.91. The van der Waals surface area contributed by atoms with Gasteiger partial charge in [-0.25, -0.2) is 0 Å². The number of hydrogen-bond acceptors (Lipinski definition) is 2. The van der Waals surface area contributed by atoms with Gasteiger partial charge < -0.3 is 5.32 Å². The van der Waals surface area contributed by atoms with Gasteiger partial charge in [0.1, 0.15) is 0 Å². The molecular formula is C17H26N2. The van der Waals surface area contributed by atoms with Gasteiger partial charge >= 0.3 is 0 Å². The fourth-order valence-corrected chi connectivity index (χ4v) is 3.60. The summed E-state index contributed by atoms with van der Waals surface area (Å²) in [5, 5.41) is 3.50. The Morgan fingerprint density at radius 3 is 2.37 bits per heavy atom. The van der Waals surface area contributed by atoms with E-state index < -0.39 is 0 Å². The average molecular weight is 258 g/mol. The van der Waals surface area contributed by atoms with Gasteiger partial charge in [-0.2, -0.15) is 0 Å². The fourth-order valence-electron chi connectivity index (χ4n) is 3.60. The molecule has 1 heterocycles. The van der Waals surface area contributed by atoms with E-state index in [0.29, 0.717) is 6.04 Å². The molecule has 1 aliphatic carbocycles. The molecule has 0 bridgehead atoms. The monoisotopic (exact) mass is 258 g/mol. The van der Waals surface area contributed by atoms with Crippen LogP contribution in [-0.2, 0) is 0 Å². The van der Waals surface area contributed by atoms with E-state index in [1.807, 2.05) is 0 Å². The van der Waals surface area contributed by atoms with E-state index in [9.17, 15) is 0 Å². The number of nitrogens with one attached hydrogen (secondary N) is 1. The van der Waals surface area contributed by atoms with Crippen LogP contribution in [0.4, 0.5) is 0 Å². The van der Waals surface area contributed by atoms with Crippen molar-refractivity contribution in [1.29, 1.82) is 0 Å². The maximum atomic E-state index is 3.50. The number of hydrogen-bond donors (Lipinski definition) is 1. The summed E-state index contributed by atoms with van der Waals surface area (Å²) in [6.45, 7) is 3.35. The summed E-state index contributed by atoms with van der Waals surface area (Å²) in [5.74, 6) is 0.824. The summed E-state index contributed by atoms with van der Waals surface area (Å²) in [5.41, 5.74) is 3.03. The van der Waals surface area contributed by atoms with Gasteiger partial charge in [0, 0.05) is 25.7 Å². The van der Waals surface area contributed by atoms with E-state index in [0.717, 1.165) is 25.6 Å². The van der Waals surface area contributed by atoms with Crippen molar-refractivity contribution in [3.05, 3.63) is 35.4 Å². The van der Waals surface area contributed by atoms with Crippen LogP contribution in [0.15, 0.2) is 24.3 Å². The van der Waals surface area contributed by atoms with Crippen LogP contribution in [0.2, 0.25) is 0 Å². The highest BCUT2D eigenvalue weighted by atomic mass is 15.2. The third kappa shape index (κ3) is 3.01. The molecule has 2 aliphatic rings. The minimum Gasteiger partial charge on any atom is -0.314 e. The van der Waals surface area contributed by atoms with E-state index in [4.69, 9.17) is 0 Å². The van der Waals surface area contributed by atoms with E-state index in [2.05, 4.69) is 41.5 Å². The van der Waals surface area contributed by atoms with E-state index >= 15 is 0 Å². The van der Waals surface area contributed by atoms with Gasteiger partial charge in [-0.1, -0.05) is 43.5 Å². The largest absolute Gasteiger partial charge is 0.314 e. The Bertz CT molecular complexity index is 392. The van der Waals surface area contributed by atoms with Gasteiger partial charge in [-0.3, -0.25) is 4.90 Å². The first-order valence-corrected chi connectivity index (χ1v) is 7.85. The van der Waals surface area contributed by atoms with Gasteiger partial charge in [0.05, 0.1) is 0 Å². The van der Waals surface area contributed by atoms with E-state index in [1.54, 1.807) is 5.56 Å². The van der Waals surface area contributed by atoms with Gasteiger partial charge in [0.25, 0.3) is 0 Å². The lowest BCUT2D eigenvalue weighted by atomic mass is 9.83. The zero-order valence-electron chi connectivity index (χ0n) is 12.1. The van der Waals surface area contributed by atoms with Gasteiger partial charge in [0.15, 0.2) is 0 Å². The molecular weight excluding hydrogens is 232 g/mol. The summed E-state index contributed by atoms with van der Waals surface area (Å²) in [6, 6.07) is 10.0. The smallest absolute Gasteiger partial charge is 0.0470 e. The maximum absolute atomic E-state index is 3.50. The number of piperazine rings is 1. The molecule has 1 saturated heterocycles. The average Bonchev–Trinajstić information content (AvgIpc) is 2.49. The molecule has 1 unspecified atom stereocenters. The Balaban J connectivity index is 1.70. The number of benzene rings is 1. The predicted octanol–water partition coefficient (Wildman–Crippen LogP) is 3.31. The minimum atomic E-state index is 0.550. The molecule has 1 saturated carbocycles. The van der Waals surface area contributed by atoms with Crippen LogP contribution in [0.25, 0.3) is 0 Å². The topological polar surface area (TPSA) is 15.3 Å². The standard InChI is InChI=1S/C17H26N2/c1-19-12-11-18-13-17(19)16-9-7-15(8-10-16)14-5-3-2-4-6-14/h7-10,14,17-18H,2-6,11-13H2,1H3. The van der Waals surface area contributed by atoms with Crippen molar-refractivity contribution < 1.29 is 0 Å². The molecule has 1 aromatic carbocycles. The molecule has 2 fully saturated rings. The molecule has 2 heteroatoms.